The third kappa shape index (κ3) is 6.36. The minimum atomic E-state index is 0. The first-order chi connectivity index (χ1) is 10.6. The number of hydrogen-bond acceptors (Lipinski definition) is 3. The Morgan fingerprint density at radius 2 is 2.30 bits per heavy atom. The van der Waals surface area contributed by atoms with Gasteiger partial charge in [-0.2, -0.15) is 5.10 Å². The normalized spacial score (nSPS) is 18.6. The molecule has 1 aliphatic heterocycles. The first-order valence-electron chi connectivity index (χ1n) is 7.86. The van der Waals surface area contributed by atoms with Crippen molar-refractivity contribution in [3.8, 4) is 0 Å². The number of piperidine rings is 1. The Bertz CT molecular complexity index is 530. The summed E-state index contributed by atoms with van der Waals surface area (Å²) in [4.78, 5) is 17.9. The number of aryl methyl sites for hydroxylation is 1. The van der Waals surface area contributed by atoms with Gasteiger partial charge >= 0.3 is 0 Å². The molecule has 0 radical (unpaired) electrons. The van der Waals surface area contributed by atoms with Crippen molar-refractivity contribution in [2.75, 3.05) is 26.7 Å². The Hall–Kier alpha value is -1.32. The van der Waals surface area contributed by atoms with Crippen molar-refractivity contribution in [1.29, 1.82) is 0 Å². The van der Waals surface area contributed by atoms with E-state index in [9.17, 15) is 4.79 Å². The van der Waals surface area contributed by atoms with Crippen molar-refractivity contribution < 1.29 is 4.79 Å². The Labute approximate surface area is 154 Å². The van der Waals surface area contributed by atoms with Crippen molar-refractivity contribution in [2.45, 2.75) is 39.3 Å². The van der Waals surface area contributed by atoms with Crippen molar-refractivity contribution in [3.05, 3.63) is 18.0 Å². The van der Waals surface area contributed by atoms with Crippen molar-refractivity contribution >= 4 is 35.8 Å². The average molecular weight is 434 g/mol. The lowest BCUT2D eigenvalue weighted by Gasteiger charge is -2.31. The largest absolute Gasteiger partial charge is 0.357 e. The molecule has 8 heteroatoms. The smallest absolute Gasteiger partial charge is 0.222 e. The molecule has 0 aliphatic carbocycles. The van der Waals surface area contributed by atoms with Crippen molar-refractivity contribution in [1.82, 2.24) is 25.3 Å². The van der Waals surface area contributed by atoms with Gasteiger partial charge in [-0.25, -0.2) is 0 Å². The van der Waals surface area contributed by atoms with Gasteiger partial charge in [-0.3, -0.25) is 14.5 Å². The highest BCUT2D eigenvalue weighted by Gasteiger charge is 2.23. The predicted octanol–water partition coefficient (Wildman–Crippen LogP) is 0.985. The first-order valence-corrected chi connectivity index (χ1v) is 7.86. The first kappa shape index (κ1) is 19.7. The number of rotatable bonds is 5. The van der Waals surface area contributed by atoms with Crippen LogP contribution < -0.4 is 10.6 Å². The number of carbonyl (C=O) groups excluding carboxylic acids is 1. The molecule has 1 aromatic heterocycles. The summed E-state index contributed by atoms with van der Waals surface area (Å²) in [5.41, 5.74) is 1.16. The van der Waals surface area contributed by atoms with Gasteiger partial charge in [-0.05, 0) is 25.8 Å². The summed E-state index contributed by atoms with van der Waals surface area (Å²) in [5, 5.41) is 10.9. The van der Waals surface area contributed by atoms with Gasteiger partial charge in [0.15, 0.2) is 5.96 Å². The molecular formula is C15H27IN6O. The number of carbonyl (C=O) groups is 1. The molecule has 1 unspecified atom stereocenters. The number of nitrogens with one attached hydrogen (secondary N) is 2. The Balaban J connectivity index is 0.00000264. The summed E-state index contributed by atoms with van der Waals surface area (Å²) < 4.78 is 1.90. The molecule has 130 valence electrons. The van der Waals surface area contributed by atoms with Crippen molar-refractivity contribution in [3.63, 3.8) is 0 Å². The van der Waals surface area contributed by atoms with Crippen LogP contribution in [-0.2, 0) is 11.3 Å². The van der Waals surface area contributed by atoms with E-state index in [2.05, 4.69) is 20.7 Å². The molecule has 1 aromatic rings. The van der Waals surface area contributed by atoms with Gasteiger partial charge in [0.25, 0.3) is 0 Å². The van der Waals surface area contributed by atoms with E-state index in [1.54, 1.807) is 4.90 Å². The van der Waals surface area contributed by atoms with E-state index in [1.807, 2.05) is 38.0 Å². The molecule has 2 heterocycles. The van der Waals surface area contributed by atoms with Crippen LogP contribution in [-0.4, -0.2) is 59.3 Å². The van der Waals surface area contributed by atoms with Crippen LogP contribution in [0.5, 0.6) is 0 Å². The van der Waals surface area contributed by atoms with E-state index < -0.39 is 0 Å². The number of amides is 1. The van der Waals surface area contributed by atoms with Gasteiger partial charge in [0.2, 0.25) is 5.91 Å². The molecule has 1 amide bonds. The average Bonchev–Trinajstić information content (AvgIpc) is 2.89. The number of aromatic nitrogens is 2. The predicted molar refractivity (Wildman–Crippen MR) is 102 cm³/mol. The lowest BCUT2D eigenvalue weighted by Crippen LogP contribution is -2.51. The molecule has 1 saturated heterocycles. The molecular weight excluding hydrogens is 407 g/mol. The number of hydrogen-bond donors (Lipinski definition) is 2. The van der Waals surface area contributed by atoms with Crippen molar-refractivity contribution in [2.24, 2.45) is 4.99 Å². The van der Waals surface area contributed by atoms with Crippen LogP contribution in [0, 0.1) is 6.92 Å². The SMILES string of the molecule is CCNC(=NCCn1cc(C)cn1)NC1CCC(=O)N(C)C1.I. The highest BCUT2D eigenvalue weighted by molar-refractivity contribution is 14.0. The van der Waals surface area contributed by atoms with Crippen LogP contribution in [0.4, 0.5) is 0 Å². The number of guanidine groups is 1. The maximum Gasteiger partial charge on any atom is 0.222 e. The number of aliphatic imine (C=N–C) groups is 1. The fraction of sp³-hybridized carbons (Fsp3) is 0.667. The van der Waals surface area contributed by atoms with Gasteiger partial charge in [0.05, 0.1) is 19.3 Å². The Kier molecular flexibility index (Phi) is 8.35. The summed E-state index contributed by atoms with van der Waals surface area (Å²) in [6.45, 7) is 7.03. The molecule has 1 atom stereocenters. The second kappa shape index (κ2) is 9.74. The summed E-state index contributed by atoms with van der Waals surface area (Å²) in [7, 11) is 1.85. The summed E-state index contributed by atoms with van der Waals surface area (Å²) in [6.07, 6.45) is 5.31. The molecule has 2 rings (SSSR count). The van der Waals surface area contributed by atoms with Gasteiger partial charge in [-0.1, -0.05) is 0 Å². The molecule has 0 aromatic carbocycles. The third-order valence-corrected chi connectivity index (χ3v) is 3.67. The standard InChI is InChI=1S/C15H26N6O.HI/c1-4-16-15(17-7-8-21-10-12(2)9-18-21)19-13-5-6-14(22)20(3)11-13;/h9-10,13H,4-8,11H2,1-3H3,(H2,16,17,19);1H. The lowest BCUT2D eigenvalue weighted by molar-refractivity contribution is -0.132. The summed E-state index contributed by atoms with van der Waals surface area (Å²) in [5.74, 6) is 1.02. The van der Waals surface area contributed by atoms with E-state index in [-0.39, 0.29) is 35.9 Å². The molecule has 2 N–H and O–H groups in total. The molecule has 0 spiro atoms. The number of likely N-dealkylation sites (N-methyl/N-ethyl adjacent to an activating group) is 1. The monoisotopic (exact) mass is 434 g/mol. The van der Waals surface area contributed by atoms with Gasteiger partial charge in [-0.15, -0.1) is 24.0 Å². The zero-order valence-corrected chi connectivity index (χ0v) is 16.4. The molecule has 0 bridgehead atoms. The van der Waals surface area contributed by atoms with E-state index >= 15 is 0 Å². The third-order valence-electron chi connectivity index (χ3n) is 3.67. The zero-order chi connectivity index (χ0) is 15.9. The second-order valence-corrected chi connectivity index (χ2v) is 5.70. The minimum Gasteiger partial charge on any atom is -0.357 e. The molecule has 23 heavy (non-hydrogen) atoms. The van der Waals surface area contributed by atoms with Gasteiger partial charge in [0.1, 0.15) is 0 Å². The Morgan fingerprint density at radius 1 is 1.52 bits per heavy atom. The van der Waals surface area contributed by atoms with Crippen LogP contribution in [0.15, 0.2) is 17.4 Å². The summed E-state index contributed by atoms with van der Waals surface area (Å²) >= 11 is 0. The van der Waals surface area contributed by atoms with Gasteiger partial charge in [0, 0.05) is 38.8 Å². The number of nitrogens with zero attached hydrogens (tertiary/aromatic N) is 4. The fourth-order valence-electron chi connectivity index (χ4n) is 2.50. The zero-order valence-electron chi connectivity index (χ0n) is 14.1. The van der Waals surface area contributed by atoms with E-state index in [0.717, 1.165) is 37.6 Å². The quantitative estimate of drug-likeness (QED) is 0.412. The second-order valence-electron chi connectivity index (χ2n) is 5.70. The van der Waals surface area contributed by atoms with Gasteiger partial charge < -0.3 is 15.5 Å². The number of likely N-dealkylation sites (tertiary alicyclic amines) is 1. The van der Waals surface area contributed by atoms with Crippen LogP contribution in [0.1, 0.15) is 25.3 Å². The lowest BCUT2D eigenvalue weighted by atomic mass is 10.1. The van der Waals surface area contributed by atoms with Crippen LogP contribution in [0.3, 0.4) is 0 Å². The maximum atomic E-state index is 11.5. The Morgan fingerprint density at radius 3 is 2.91 bits per heavy atom. The maximum absolute atomic E-state index is 11.5. The molecule has 1 fully saturated rings. The molecule has 1 aliphatic rings. The fourth-order valence-corrected chi connectivity index (χ4v) is 2.50. The minimum absolute atomic E-state index is 0. The highest BCUT2D eigenvalue weighted by atomic mass is 127. The highest BCUT2D eigenvalue weighted by Crippen LogP contribution is 2.09. The number of halogens is 1. The molecule has 7 nitrogen and oxygen atoms in total. The summed E-state index contributed by atoms with van der Waals surface area (Å²) in [6, 6.07) is 0.257. The van der Waals surface area contributed by atoms with Crippen LogP contribution in [0.25, 0.3) is 0 Å². The van der Waals surface area contributed by atoms with E-state index in [1.165, 1.54) is 0 Å². The van der Waals surface area contributed by atoms with Crippen LogP contribution >= 0.6 is 24.0 Å². The van der Waals surface area contributed by atoms with E-state index in [4.69, 9.17) is 0 Å². The van der Waals surface area contributed by atoms with Crippen LogP contribution in [0.2, 0.25) is 0 Å². The topological polar surface area (TPSA) is 74.5 Å². The molecule has 0 saturated carbocycles. The van der Waals surface area contributed by atoms with E-state index in [0.29, 0.717) is 13.0 Å².